The highest BCUT2D eigenvalue weighted by molar-refractivity contribution is 7.31. The van der Waals surface area contributed by atoms with Gasteiger partial charge >= 0.3 is 14.3 Å². The van der Waals surface area contributed by atoms with E-state index < -0.39 is 26.5 Å². The molecule has 254 valence electrons. The Morgan fingerprint density at radius 3 is 2.46 bits per heavy atom. The second-order valence-electron chi connectivity index (χ2n) is 12.2. The molecular weight excluding hydrogens is 657 g/mol. The van der Waals surface area contributed by atoms with Crippen molar-refractivity contribution in [2.45, 2.75) is 31.7 Å². The number of nitrogens with zero attached hydrogens (tertiary/aromatic N) is 4. The molecule has 7 rings (SSSR count). The Kier molecular flexibility index (Phi) is 9.31. The van der Waals surface area contributed by atoms with Crippen LogP contribution in [-0.2, 0) is 33.7 Å². The van der Waals surface area contributed by atoms with Gasteiger partial charge in [0.05, 0.1) is 13.1 Å². The lowest BCUT2D eigenvalue weighted by Gasteiger charge is -2.55. The quantitative estimate of drug-likeness (QED) is 0.164. The maximum atomic E-state index is 14.5. The van der Waals surface area contributed by atoms with E-state index in [1.165, 1.54) is 22.0 Å². The van der Waals surface area contributed by atoms with Gasteiger partial charge in [-0.25, -0.2) is 14.8 Å². The third kappa shape index (κ3) is 6.56. The molecule has 1 aromatic heterocycles. The Morgan fingerprint density at radius 2 is 1.70 bits per heavy atom. The van der Waals surface area contributed by atoms with Crippen LogP contribution in [0.4, 0.5) is 4.79 Å². The smallest absolute Gasteiger partial charge is 0.539 e. The summed E-state index contributed by atoms with van der Waals surface area (Å²) in [5.74, 6) is -0.453. The molecule has 50 heavy (non-hydrogen) atoms. The van der Waals surface area contributed by atoms with E-state index in [9.17, 15) is 23.8 Å². The average molecular weight is 692 g/mol. The Balaban J connectivity index is 1.25. The minimum absolute atomic E-state index is 0.0490. The molecule has 2 saturated heterocycles. The van der Waals surface area contributed by atoms with Crippen LogP contribution in [0.25, 0.3) is 21.9 Å². The summed E-state index contributed by atoms with van der Waals surface area (Å²) in [5, 5.41) is 8.07. The Morgan fingerprint density at radius 1 is 0.960 bits per heavy atom. The van der Waals surface area contributed by atoms with Gasteiger partial charge < -0.3 is 24.4 Å². The lowest BCUT2D eigenvalue weighted by Crippen LogP contribution is -2.76. The molecule has 0 spiro atoms. The zero-order valence-electron chi connectivity index (χ0n) is 27.0. The van der Waals surface area contributed by atoms with Crippen molar-refractivity contribution in [2.24, 2.45) is 0 Å². The van der Waals surface area contributed by atoms with Gasteiger partial charge in [0.2, 0.25) is 11.8 Å². The van der Waals surface area contributed by atoms with E-state index in [1.807, 2.05) is 72.8 Å². The highest BCUT2D eigenvalue weighted by Gasteiger charge is 2.51. The summed E-state index contributed by atoms with van der Waals surface area (Å²) in [7, 11) is -3.09. The second kappa shape index (κ2) is 14.1. The van der Waals surface area contributed by atoms with Crippen LogP contribution in [0.3, 0.4) is 0 Å². The molecule has 3 atom stereocenters. The summed E-state index contributed by atoms with van der Waals surface area (Å²) in [4.78, 5) is 56.8. The molecule has 13 heteroatoms. The number of hydrogen-bond acceptors (Lipinski definition) is 8. The topological polar surface area (TPSA) is 139 Å². The number of hydrazine groups is 1. The Hall–Kier alpha value is -5.55. The van der Waals surface area contributed by atoms with Crippen molar-refractivity contribution >= 4 is 48.0 Å². The average Bonchev–Trinajstić information content (AvgIpc) is 3.50. The van der Waals surface area contributed by atoms with Crippen molar-refractivity contribution in [3.05, 3.63) is 126 Å². The number of fused-ring (bicyclic) bond motifs is 4. The number of para-hydroxylation sites is 2. The van der Waals surface area contributed by atoms with Crippen LogP contribution in [0.15, 0.2) is 114 Å². The number of amides is 4. The first-order valence-corrected chi connectivity index (χ1v) is 17.3. The van der Waals surface area contributed by atoms with Crippen molar-refractivity contribution in [2.75, 3.05) is 19.6 Å². The first kappa shape index (κ1) is 33.0. The highest BCUT2D eigenvalue weighted by atomic mass is 31.1. The number of carbonyl (C=O) groups is 3. The SMILES string of the molecule is C=CCN1CC(=O)N2[C@@H](Cc3ccc(O[P+](=O)[O-])cc3)C(=O)N(Cc3cccc4c3oc3ccccc34)C[C@@H]2N1C(=O)NCc1ccccc1. The van der Waals surface area contributed by atoms with E-state index in [2.05, 4.69) is 11.9 Å². The van der Waals surface area contributed by atoms with Crippen LogP contribution < -0.4 is 14.7 Å². The molecule has 1 N–H and O–H groups in total. The fraction of sp³-hybridized carbons (Fsp3) is 0.216. The molecule has 0 radical (unpaired) electrons. The maximum absolute atomic E-state index is 14.5. The van der Waals surface area contributed by atoms with E-state index in [-0.39, 0.29) is 56.7 Å². The van der Waals surface area contributed by atoms with Gasteiger partial charge in [-0.15, -0.1) is 6.58 Å². The molecule has 4 aromatic carbocycles. The van der Waals surface area contributed by atoms with Crippen molar-refractivity contribution in [3.63, 3.8) is 0 Å². The molecule has 2 aliphatic rings. The van der Waals surface area contributed by atoms with E-state index in [0.717, 1.165) is 27.5 Å². The molecule has 5 aromatic rings. The van der Waals surface area contributed by atoms with Crippen LogP contribution in [-0.4, -0.2) is 69.5 Å². The first-order chi connectivity index (χ1) is 24.3. The number of furan rings is 1. The summed E-state index contributed by atoms with van der Waals surface area (Å²) >= 11 is 0. The molecule has 12 nitrogen and oxygen atoms in total. The van der Waals surface area contributed by atoms with Crippen molar-refractivity contribution in [1.82, 2.24) is 25.1 Å². The van der Waals surface area contributed by atoms with Gasteiger partial charge in [0.25, 0.3) is 0 Å². The molecule has 0 saturated carbocycles. The van der Waals surface area contributed by atoms with Crippen LogP contribution in [0.5, 0.6) is 5.75 Å². The number of piperazine rings is 1. The standard InChI is InChI=1S/C37H34N5O7P/c1-2-19-40-24-34(43)41-31(20-25-15-17-28(18-16-25)49-50(46)47)36(44)39(23-33(41)42(40)37(45)38-21-26-9-4-3-5-10-26)22-27-11-8-13-30-29-12-6-7-14-32(29)48-35(27)30/h2-18,31,33H,1,19-24H2,(H,38,45)/t31-,33-/m0/s1. The molecule has 2 fully saturated rings. The van der Waals surface area contributed by atoms with Crippen LogP contribution >= 0.6 is 8.25 Å². The van der Waals surface area contributed by atoms with Gasteiger partial charge in [-0.05, 0) is 33.9 Å². The number of hydrogen-bond donors (Lipinski definition) is 1. The molecule has 3 heterocycles. The highest BCUT2D eigenvalue weighted by Crippen LogP contribution is 2.34. The molecular formula is C37H34N5O7P. The van der Waals surface area contributed by atoms with E-state index in [0.29, 0.717) is 11.1 Å². The summed E-state index contributed by atoms with van der Waals surface area (Å²) in [5.41, 5.74) is 3.78. The van der Waals surface area contributed by atoms with Crippen LogP contribution in [0, 0.1) is 0 Å². The fourth-order valence-corrected chi connectivity index (χ4v) is 7.12. The molecule has 0 bridgehead atoms. The predicted octanol–water partition coefficient (Wildman–Crippen LogP) is 4.72. The number of rotatable bonds is 10. The van der Waals surface area contributed by atoms with Gasteiger partial charge in [-0.2, -0.15) is 0 Å². The van der Waals surface area contributed by atoms with Gasteiger partial charge in [0.15, 0.2) is 5.75 Å². The van der Waals surface area contributed by atoms with Crippen molar-refractivity contribution in [3.8, 4) is 5.75 Å². The van der Waals surface area contributed by atoms with E-state index in [1.54, 1.807) is 28.1 Å². The minimum Gasteiger partial charge on any atom is -0.558 e. The van der Waals surface area contributed by atoms with E-state index >= 15 is 0 Å². The van der Waals surface area contributed by atoms with Gasteiger partial charge in [-0.3, -0.25) is 14.1 Å². The normalized spacial score (nSPS) is 18.3. The Labute approximate surface area is 289 Å². The van der Waals surface area contributed by atoms with E-state index in [4.69, 9.17) is 8.94 Å². The predicted molar refractivity (Wildman–Crippen MR) is 184 cm³/mol. The fourth-order valence-electron chi connectivity index (χ4n) is 6.83. The number of nitrogens with one attached hydrogen (secondary N) is 1. The van der Waals surface area contributed by atoms with Crippen molar-refractivity contribution in [1.29, 1.82) is 0 Å². The molecule has 0 aliphatic carbocycles. The van der Waals surface area contributed by atoms with Gasteiger partial charge in [0, 0.05) is 42.4 Å². The second-order valence-corrected chi connectivity index (χ2v) is 12.8. The maximum Gasteiger partial charge on any atom is 0.539 e. The molecule has 2 aliphatic heterocycles. The summed E-state index contributed by atoms with van der Waals surface area (Å²) in [6.45, 7) is 4.44. The zero-order valence-corrected chi connectivity index (χ0v) is 27.9. The largest absolute Gasteiger partial charge is 0.558 e. The van der Waals surface area contributed by atoms with Crippen molar-refractivity contribution < 1.29 is 32.8 Å². The van der Waals surface area contributed by atoms with Gasteiger partial charge in [0.1, 0.15) is 23.4 Å². The minimum atomic E-state index is -3.09. The number of carbonyl (C=O) groups excluding carboxylic acids is 3. The van der Waals surface area contributed by atoms with Crippen LogP contribution in [0.1, 0.15) is 16.7 Å². The van der Waals surface area contributed by atoms with Crippen LogP contribution in [0.2, 0.25) is 0 Å². The zero-order chi connectivity index (χ0) is 34.8. The van der Waals surface area contributed by atoms with Gasteiger partial charge in [-0.1, -0.05) is 84.9 Å². The summed E-state index contributed by atoms with van der Waals surface area (Å²) in [6, 6.07) is 28.0. The lowest BCUT2D eigenvalue weighted by molar-refractivity contribution is -0.189. The number of urea groups is 1. The summed E-state index contributed by atoms with van der Waals surface area (Å²) < 4.78 is 22.1. The monoisotopic (exact) mass is 691 g/mol. The third-order valence-corrected chi connectivity index (χ3v) is 9.40. The summed E-state index contributed by atoms with van der Waals surface area (Å²) in [6.07, 6.45) is 0.916. The lowest BCUT2D eigenvalue weighted by atomic mass is 9.98. The number of benzene rings is 4. The Bertz CT molecular complexity index is 2090. The first-order valence-electron chi connectivity index (χ1n) is 16.2. The molecule has 1 unspecified atom stereocenters. The third-order valence-electron chi connectivity index (χ3n) is 9.04. The molecule has 4 amide bonds.